The second-order valence-corrected chi connectivity index (χ2v) is 8.58. The maximum atomic E-state index is 13.2. The Morgan fingerprint density at radius 2 is 1.79 bits per heavy atom. The molecule has 0 fully saturated rings. The average Bonchev–Trinajstić information content (AvgIpc) is 2.64. The van der Waals surface area contributed by atoms with Crippen molar-refractivity contribution < 1.29 is 9.59 Å². The van der Waals surface area contributed by atoms with Gasteiger partial charge in [0.2, 0.25) is 11.8 Å². The second-order valence-electron chi connectivity index (χ2n) is 7.74. The van der Waals surface area contributed by atoms with Crippen LogP contribution < -0.4 is 5.32 Å². The van der Waals surface area contributed by atoms with Crippen LogP contribution >= 0.6 is 23.2 Å². The molecule has 2 aromatic carbocycles. The lowest BCUT2D eigenvalue weighted by atomic mass is 10.1. The van der Waals surface area contributed by atoms with E-state index in [4.69, 9.17) is 23.2 Å². The van der Waals surface area contributed by atoms with Crippen LogP contribution in [0.4, 0.5) is 0 Å². The Morgan fingerprint density at radius 3 is 2.41 bits per heavy atom. The summed E-state index contributed by atoms with van der Waals surface area (Å²) >= 11 is 12.3. The van der Waals surface area contributed by atoms with Crippen molar-refractivity contribution in [3.8, 4) is 0 Å². The zero-order valence-corrected chi connectivity index (χ0v) is 18.8. The molecule has 0 aliphatic carbocycles. The monoisotopic (exact) mass is 434 g/mol. The molecule has 0 saturated carbocycles. The minimum atomic E-state index is -0.627. The van der Waals surface area contributed by atoms with Crippen LogP contribution in [0.3, 0.4) is 0 Å². The zero-order valence-electron chi connectivity index (χ0n) is 17.3. The Balaban J connectivity index is 2.25. The molecular weight excluding hydrogens is 407 g/mol. The number of carbonyl (C=O) groups is 2. The predicted octanol–water partition coefficient (Wildman–Crippen LogP) is 5.03. The van der Waals surface area contributed by atoms with E-state index in [-0.39, 0.29) is 24.8 Å². The number of nitrogens with zero attached hydrogens (tertiary/aromatic N) is 1. The quantitative estimate of drug-likeness (QED) is 0.632. The van der Waals surface area contributed by atoms with Crippen molar-refractivity contribution in [2.45, 2.75) is 46.7 Å². The number of halogens is 2. The molecule has 0 aliphatic heterocycles. The van der Waals surface area contributed by atoms with Crippen LogP contribution in [0.2, 0.25) is 10.0 Å². The third-order valence-electron chi connectivity index (χ3n) is 4.65. The van der Waals surface area contributed by atoms with Gasteiger partial charge in [-0.1, -0.05) is 72.9 Å². The molecule has 6 heteroatoms. The predicted molar refractivity (Wildman–Crippen MR) is 119 cm³/mol. The Kier molecular flexibility index (Phi) is 8.54. The molecule has 156 valence electrons. The van der Waals surface area contributed by atoms with Gasteiger partial charge in [-0.3, -0.25) is 9.59 Å². The zero-order chi connectivity index (χ0) is 21.6. The fraction of sp³-hybridized carbons (Fsp3) is 0.391. The summed E-state index contributed by atoms with van der Waals surface area (Å²) < 4.78 is 0. The van der Waals surface area contributed by atoms with Crippen molar-refractivity contribution in [1.29, 1.82) is 0 Å². The maximum Gasteiger partial charge on any atom is 0.242 e. The molecule has 1 atom stereocenters. The standard InChI is InChI=1S/C23H28Cl2N2O2/c1-15(2)13-26-23(29)17(4)27(14-19-8-9-20(24)12-21(19)25)22(28)11-18-7-5-6-16(3)10-18/h5-10,12,15,17H,11,13-14H2,1-4H3,(H,26,29). The van der Waals surface area contributed by atoms with E-state index in [9.17, 15) is 9.59 Å². The summed E-state index contributed by atoms with van der Waals surface area (Å²) in [6, 6.07) is 12.4. The number of hydrogen-bond donors (Lipinski definition) is 1. The first-order valence-corrected chi connectivity index (χ1v) is 10.5. The van der Waals surface area contributed by atoms with Crippen LogP contribution in [0, 0.1) is 12.8 Å². The molecule has 0 bridgehead atoms. The number of hydrogen-bond acceptors (Lipinski definition) is 2. The van der Waals surface area contributed by atoms with Gasteiger partial charge in [0, 0.05) is 23.1 Å². The molecule has 1 unspecified atom stereocenters. The third-order valence-corrected chi connectivity index (χ3v) is 5.23. The molecule has 2 aromatic rings. The number of carbonyl (C=O) groups excluding carboxylic acids is 2. The van der Waals surface area contributed by atoms with Crippen molar-refractivity contribution in [2.75, 3.05) is 6.54 Å². The Labute approximate surface area is 183 Å². The smallest absolute Gasteiger partial charge is 0.242 e. The molecule has 0 spiro atoms. The van der Waals surface area contributed by atoms with Crippen LogP contribution in [0.15, 0.2) is 42.5 Å². The van der Waals surface area contributed by atoms with Crippen LogP contribution in [-0.2, 0) is 22.6 Å². The van der Waals surface area contributed by atoms with Gasteiger partial charge in [-0.2, -0.15) is 0 Å². The van der Waals surface area contributed by atoms with E-state index in [1.54, 1.807) is 30.0 Å². The van der Waals surface area contributed by atoms with Crippen LogP contribution in [0.25, 0.3) is 0 Å². The highest BCUT2D eigenvalue weighted by Gasteiger charge is 2.26. The Bertz CT molecular complexity index is 868. The second kappa shape index (κ2) is 10.7. The summed E-state index contributed by atoms with van der Waals surface area (Å²) in [4.78, 5) is 27.4. The minimum Gasteiger partial charge on any atom is -0.354 e. The van der Waals surface area contributed by atoms with Gasteiger partial charge in [0.15, 0.2) is 0 Å². The van der Waals surface area contributed by atoms with Gasteiger partial charge in [-0.05, 0) is 43.0 Å². The minimum absolute atomic E-state index is 0.131. The van der Waals surface area contributed by atoms with Crippen molar-refractivity contribution >= 4 is 35.0 Å². The lowest BCUT2D eigenvalue weighted by molar-refractivity contribution is -0.140. The van der Waals surface area contributed by atoms with Gasteiger partial charge in [-0.25, -0.2) is 0 Å². The first kappa shape index (κ1) is 23.2. The fourth-order valence-corrected chi connectivity index (χ4v) is 3.44. The summed E-state index contributed by atoms with van der Waals surface area (Å²) in [6.07, 6.45) is 0.217. The molecule has 0 heterocycles. The van der Waals surface area contributed by atoms with Crippen LogP contribution in [0.1, 0.15) is 37.5 Å². The summed E-state index contributed by atoms with van der Waals surface area (Å²) in [7, 11) is 0. The van der Waals surface area contributed by atoms with Gasteiger partial charge < -0.3 is 10.2 Å². The van der Waals surface area contributed by atoms with Crippen molar-refractivity contribution in [1.82, 2.24) is 10.2 Å². The van der Waals surface area contributed by atoms with Crippen LogP contribution in [-0.4, -0.2) is 29.3 Å². The summed E-state index contributed by atoms with van der Waals surface area (Å²) in [5.41, 5.74) is 2.75. The fourth-order valence-electron chi connectivity index (χ4n) is 2.97. The van der Waals surface area contributed by atoms with E-state index in [1.807, 2.05) is 45.0 Å². The lowest BCUT2D eigenvalue weighted by Crippen LogP contribution is -2.48. The molecule has 29 heavy (non-hydrogen) atoms. The van der Waals surface area contributed by atoms with Gasteiger partial charge >= 0.3 is 0 Å². The van der Waals surface area contributed by atoms with E-state index in [0.717, 1.165) is 16.7 Å². The highest BCUT2D eigenvalue weighted by atomic mass is 35.5. The number of nitrogens with one attached hydrogen (secondary N) is 1. The van der Waals surface area contributed by atoms with Crippen molar-refractivity contribution in [3.63, 3.8) is 0 Å². The molecule has 1 N–H and O–H groups in total. The van der Waals surface area contributed by atoms with E-state index in [2.05, 4.69) is 5.32 Å². The highest BCUT2D eigenvalue weighted by molar-refractivity contribution is 6.35. The van der Waals surface area contributed by atoms with Crippen molar-refractivity contribution in [3.05, 3.63) is 69.2 Å². The number of amides is 2. The molecule has 2 amide bonds. The van der Waals surface area contributed by atoms with E-state index < -0.39 is 6.04 Å². The van der Waals surface area contributed by atoms with Gasteiger partial charge in [0.25, 0.3) is 0 Å². The molecule has 4 nitrogen and oxygen atoms in total. The lowest BCUT2D eigenvalue weighted by Gasteiger charge is -2.29. The molecular formula is C23H28Cl2N2O2. The Hall–Kier alpha value is -2.04. The summed E-state index contributed by atoms with van der Waals surface area (Å²) in [5.74, 6) is 0.0171. The maximum absolute atomic E-state index is 13.2. The molecule has 0 aromatic heterocycles. The van der Waals surface area contributed by atoms with Gasteiger partial charge in [-0.15, -0.1) is 0 Å². The number of aryl methyl sites for hydroxylation is 1. The topological polar surface area (TPSA) is 49.4 Å². The molecule has 0 radical (unpaired) electrons. The molecule has 0 saturated heterocycles. The van der Waals surface area contributed by atoms with E-state index in [1.165, 1.54) is 0 Å². The molecule has 2 rings (SSSR count). The van der Waals surface area contributed by atoms with Crippen molar-refractivity contribution in [2.24, 2.45) is 5.92 Å². The van der Waals surface area contributed by atoms with Gasteiger partial charge in [0.1, 0.15) is 6.04 Å². The first-order chi connectivity index (χ1) is 13.7. The third kappa shape index (κ3) is 7.06. The number of rotatable bonds is 8. The normalized spacial score (nSPS) is 12.0. The highest BCUT2D eigenvalue weighted by Crippen LogP contribution is 2.23. The van der Waals surface area contributed by atoms with E-state index in [0.29, 0.717) is 22.5 Å². The first-order valence-electron chi connectivity index (χ1n) is 9.74. The average molecular weight is 435 g/mol. The van der Waals surface area contributed by atoms with Crippen LogP contribution in [0.5, 0.6) is 0 Å². The largest absolute Gasteiger partial charge is 0.354 e. The van der Waals surface area contributed by atoms with Gasteiger partial charge in [0.05, 0.1) is 6.42 Å². The molecule has 0 aliphatic rings. The summed E-state index contributed by atoms with van der Waals surface area (Å²) in [6.45, 7) is 8.58. The Morgan fingerprint density at radius 1 is 1.07 bits per heavy atom. The SMILES string of the molecule is Cc1cccc(CC(=O)N(Cc2ccc(Cl)cc2Cl)C(C)C(=O)NCC(C)C)c1. The van der Waals surface area contributed by atoms with E-state index >= 15 is 0 Å². The summed E-state index contributed by atoms with van der Waals surface area (Å²) in [5, 5.41) is 3.91. The number of benzene rings is 2.